The van der Waals surface area contributed by atoms with Crippen LogP contribution in [0, 0.1) is 13.7 Å². The summed E-state index contributed by atoms with van der Waals surface area (Å²) in [5.74, 6) is -0.654. The minimum absolute atomic E-state index is 0.0587. The van der Waals surface area contributed by atoms with E-state index >= 15 is 0 Å². The molecule has 0 saturated carbocycles. The van der Waals surface area contributed by atoms with Crippen molar-refractivity contribution >= 4 is 40.2 Å². The molecule has 0 radical (unpaired) electrons. The number of non-ortho nitro benzene ring substituents is 1. The number of methoxy groups -OCH3 is 1. The smallest absolute Gasteiger partial charge is 0.305 e. The molecule has 1 rings (SSSR count). The van der Waals surface area contributed by atoms with Gasteiger partial charge in [0.05, 0.1) is 17.6 Å². The number of benzene rings is 1. The van der Waals surface area contributed by atoms with Crippen molar-refractivity contribution in [2.75, 3.05) is 13.7 Å². The van der Waals surface area contributed by atoms with Gasteiger partial charge in [0.2, 0.25) is 0 Å². The first-order chi connectivity index (χ1) is 9.45. The maximum Gasteiger partial charge on any atom is 0.305 e. The lowest BCUT2D eigenvalue weighted by Gasteiger charge is -2.06. The number of esters is 1. The van der Waals surface area contributed by atoms with Crippen LogP contribution >= 0.6 is 22.6 Å². The average Bonchev–Trinajstić information content (AvgIpc) is 2.42. The fourth-order valence-corrected chi connectivity index (χ4v) is 2.18. The summed E-state index contributed by atoms with van der Waals surface area (Å²) in [6, 6.07) is 4.03. The fourth-order valence-electron chi connectivity index (χ4n) is 1.43. The van der Waals surface area contributed by atoms with Crippen LogP contribution < -0.4 is 5.32 Å². The molecule has 0 spiro atoms. The number of hydrogen-bond donors (Lipinski definition) is 1. The van der Waals surface area contributed by atoms with Gasteiger partial charge in [-0.2, -0.15) is 0 Å². The van der Waals surface area contributed by atoms with Crippen molar-refractivity contribution in [3.05, 3.63) is 37.4 Å². The highest BCUT2D eigenvalue weighted by atomic mass is 127. The van der Waals surface area contributed by atoms with E-state index in [1.165, 1.54) is 25.3 Å². The van der Waals surface area contributed by atoms with E-state index in [1.807, 2.05) is 22.6 Å². The summed E-state index contributed by atoms with van der Waals surface area (Å²) in [7, 11) is 1.31. The van der Waals surface area contributed by atoms with E-state index in [9.17, 15) is 19.7 Å². The molecule has 0 saturated heterocycles. The number of amides is 1. The molecule has 8 heteroatoms. The highest BCUT2D eigenvalue weighted by Crippen LogP contribution is 2.19. The molecule has 1 amide bonds. The molecular formula is C12H13IN2O5. The lowest BCUT2D eigenvalue weighted by atomic mass is 10.2. The molecule has 0 aliphatic carbocycles. The zero-order valence-electron chi connectivity index (χ0n) is 10.7. The van der Waals surface area contributed by atoms with Crippen LogP contribution in [0.1, 0.15) is 23.2 Å². The van der Waals surface area contributed by atoms with Crippen LogP contribution in [0.5, 0.6) is 0 Å². The predicted molar refractivity (Wildman–Crippen MR) is 79.4 cm³/mol. The third-order valence-corrected chi connectivity index (χ3v) is 3.37. The Kier molecular flexibility index (Phi) is 6.36. The number of nitrogens with one attached hydrogen (secondary N) is 1. The molecule has 1 N–H and O–H groups in total. The summed E-state index contributed by atoms with van der Waals surface area (Å²) < 4.78 is 4.98. The summed E-state index contributed by atoms with van der Waals surface area (Å²) in [6.07, 6.45) is 0.704. The SMILES string of the molecule is COC(=O)CCCNC(=O)c1ccc([N+](=O)[O-])cc1I. The first-order valence-corrected chi connectivity index (χ1v) is 6.82. The third-order valence-electron chi connectivity index (χ3n) is 2.48. The standard InChI is InChI=1S/C12H13IN2O5/c1-20-11(16)3-2-6-14-12(17)9-5-4-8(15(18)19)7-10(9)13/h4-5,7H,2-3,6H2,1H3,(H,14,17). The second kappa shape index (κ2) is 7.78. The number of nitro benzene ring substituents is 1. The zero-order valence-corrected chi connectivity index (χ0v) is 12.9. The largest absolute Gasteiger partial charge is 0.469 e. The molecule has 0 atom stereocenters. The number of ether oxygens (including phenoxy) is 1. The van der Waals surface area contributed by atoms with Crippen molar-refractivity contribution in [1.82, 2.24) is 5.32 Å². The van der Waals surface area contributed by atoms with Crippen molar-refractivity contribution in [1.29, 1.82) is 0 Å². The quantitative estimate of drug-likeness (QED) is 0.262. The molecule has 1 aromatic carbocycles. The summed E-state index contributed by atoms with van der Waals surface area (Å²) in [4.78, 5) is 32.8. The highest BCUT2D eigenvalue weighted by Gasteiger charge is 2.14. The number of carbonyl (C=O) groups is 2. The van der Waals surface area contributed by atoms with E-state index in [-0.39, 0.29) is 24.0 Å². The Bertz CT molecular complexity index is 533. The number of nitro groups is 1. The van der Waals surface area contributed by atoms with Crippen LogP contribution in [0.25, 0.3) is 0 Å². The Labute approximate surface area is 129 Å². The number of rotatable bonds is 6. The van der Waals surface area contributed by atoms with Crippen molar-refractivity contribution in [3.63, 3.8) is 0 Å². The number of nitrogens with zero attached hydrogens (tertiary/aromatic N) is 1. The van der Waals surface area contributed by atoms with E-state index in [0.29, 0.717) is 22.1 Å². The van der Waals surface area contributed by atoms with Gasteiger partial charge in [-0.1, -0.05) is 0 Å². The Morgan fingerprint density at radius 1 is 1.45 bits per heavy atom. The average molecular weight is 392 g/mol. The van der Waals surface area contributed by atoms with Crippen molar-refractivity contribution in [2.24, 2.45) is 0 Å². The van der Waals surface area contributed by atoms with Crippen LogP contribution in [-0.2, 0) is 9.53 Å². The number of carbonyl (C=O) groups excluding carboxylic acids is 2. The molecule has 0 aliphatic heterocycles. The van der Waals surface area contributed by atoms with Gasteiger partial charge in [0.15, 0.2) is 0 Å². The minimum Gasteiger partial charge on any atom is -0.469 e. The van der Waals surface area contributed by atoms with E-state index in [1.54, 1.807) is 0 Å². The number of hydrogen-bond acceptors (Lipinski definition) is 5. The summed E-state index contributed by atoms with van der Waals surface area (Å²) in [6.45, 7) is 0.334. The maximum absolute atomic E-state index is 11.9. The van der Waals surface area contributed by atoms with Gasteiger partial charge in [0.1, 0.15) is 0 Å². The van der Waals surface area contributed by atoms with Gasteiger partial charge in [-0.15, -0.1) is 0 Å². The van der Waals surface area contributed by atoms with Crippen LogP contribution in [0.15, 0.2) is 18.2 Å². The maximum atomic E-state index is 11.9. The lowest BCUT2D eigenvalue weighted by molar-refractivity contribution is -0.384. The zero-order chi connectivity index (χ0) is 15.1. The van der Waals surface area contributed by atoms with Crippen molar-refractivity contribution < 1.29 is 19.2 Å². The van der Waals surface area contributed by atoms with Gasteiger partial charge in [-0.25, -0.2) is 0 Å². The van der Waals surface area contributed by atoms with Gasteiger partial charge in [0.25, 0.3) is 11.6 Å². The minimum atomic E-state index is -0.514. The topological polar surface area (TPSA) is 98.5 Å². The van der Waals surface area contributed by atoms with Gasteiger partial charge in [-0.3, -0.25) is 19.7 Å². The van der Waals surface area contributed by atoms with Gasteiger partial charge in [-0.05, 0) is 35.1 Å². The Hall–Kier alpha value is -1.71. The van der Waals surface area contributed by atoms with Gasteiger partial charge >= 0.3 is 5.97 Å². The normalized spacial score (nSPS) is 9.90. The van der Waals surface area contributed by atoms with Crippen LogP contribution in [0.3, 0.4) is 0 Å². The van der Waals surface area contributed by atoms with Crippen molar-refractivity contribution in [3.8, 4) is 0 Å². The second-order valence-electron chi connectivity index (χ2n) is 3.86. The second-order valence-corrected chi connectivity index (χ2v) is 5.02. The molecule has 0 aromatic heterocycles. The van der Waals surface area contributed by atoms with E-state index in [4.69, 9.17) is 0 Å². The van der Waals surface area contributed by atoms with Gasteiger partial charge in [0, 0.05) is 28.7 Å². The predicted octanol–water partition coefficient (Wildman–Crippen LogP) is 1.88. The highest BCUT2D eigenvalue weighted by molar-refractivity contribution is 14.1. The van der Waals surface area contributed by atoms with Gasteiger partial charge < -0.3 is 10.1 Å². The lowest BCUT2D eigenvalue weighted by Crippen LogP contribution is -2.25. The molecule has 0 heterocycles. The Morgan fingerprint density at radius 3 is 2.70 bits per heavy atom. The molecule has 0 fully saturated rings. The Morgan fingerprint density at radius 2 is 2.15 bits per heavy atom. The van der Waals surface area contributed by atoms with Crippen molar-refractivity contribution in [2.45, 2.75) is 12.8 Å². The molecule has 7 nitrogen and oxygen atoms in total. The van der Waals surface area contributed by atoms with Crippen LogP contribution in [-0.4, -0.2) is 30.5 Å². The molecule has 0 bridgehead atoms. The van der Waals surface area contributed by atoms with Crippen LogP contribution in [0.4, 0.5) is 5.69 Å². The third kappa shape index (κ3) is 4.76. The first-order valence-electron chi connectivity index (χ1n) is 5.74. The summed E-state index contributed by atoms with van der Waals surface area (Å²) in [5.41, 5.74) is 0.311. The van der Waals surface area contributed by atoms with E-state index < -0.39 is 4.92 Å². The van der Waals surface area contributed by atoms with Crippen LogP contribution in [0.2, 0.25) is 0 Å². The molecular weight excluding hydrogens is 379 g/mol. The molecule has 0 aliphatic rings. The molecule has 1 aromatic rings. The number of halogens is 1. The fraction of sp³-hybridized carbons (Fsp3) is 0.333. The summed E-state index contributed by atoms with van der Waals surface area (Å²) >= 11 is 1.87. The monoisotopic (exact) mass is 392 g/mol. The van der Waals surface area contributed by atoms with E-state index in [0.717, 1.165) is 0 Å². The molecule has 20 heavy (non-hydrogen) atoms. The molecule has 108 valence electrons. The van der Waals surface area contributed by atoms with E-state index in [2.05, 4.69) is 10.1 Å². The summed E-state index contributed by atoms with van der Waals surface area (Å²) in [5, 5.41) is 13.2. The molecule has 0 unspecified atom stereocenters. The Balaban J connectivity index is 2.55. The first kappa shape index (κ1) is 16.3.